The molecule has 19 heavy (non-hydrogen) atoms. The van der Waals surface area contributed by atoms with Gasteiger partial charge in [-0.25, -0.2) is 5.10 Å². The molecular formula is C14H20N4S. The number of para-hydroxylation sites is 1. The van der Waals surface area contributed by atoms with E-state index in [-0.39, 0.29) is 0 Å². The lowest BCUT2D eigenvalue weighted by Crippen LogP contribution is -2.29. The van der Waals surface area contributed by atoms with Crippen LogP contribution in [-0.4, -0.2) is 27.9 Å². The van der Waals surface area contributed by atoms with Crippen molar-refractivity contribution in [3.8, 4) is 5.69 Å². The van der Waals surface area contributed by atoms with Gasteiger partial charge < -0.3 is 4.90 Å². The molecule has 4 nitrogen and oxygen atoms in total. The second kappa shape index (κ2) is 6.02. The fourth-order valence-electron chi connectivity index (χ4n) is 2.10. The molecule has 0 atom stereocenters. The minimum absolute atomic E-state index is 0.578. The zero-order valence-corrected chi connectivity index (χ0v) is 12.4. The molecule has 5 heteroatoms. The number of rotatable bonds is 5. The summed E-state index contributed by atoms with van der Waals surface area (Å²) in [6.07, 6.45) is 0. The number of aromatic nitrogens is 3. The van der Waals surface area contributed by atoms with Gasteiger partial charge in [0.1, 0.15) is 0 Å². The standard InChI is InChI=1S/C14H20N4S/c1-4-17(10-11(2)3)13-15-16-14(19)18(13)12-8-6-5-7-9-12/h5-9,11H,4,10H2,1-3H3,(H,16,19). The van der Waals surface area contributed by atoms with E-state index in [4.69, 9.17) is 12.2 Å². The van der Waals surface area contributed by atoms with Crippen LogP contribution in [0.15, 0.2) is 30.3 Å². The molecule has 2 aromatic rings. The molecule has 1 heterocycles. The quantitative estimate of drug-likeness (QED) is 0.850. The first kappa shape index (κ1) is 13.8. The molecule has 0 bridgehead atoms. The number of benzene rings is 1. The third-order valence-electron chi connectivity index (χ3n) is 2.92. The summed E-state index contributed by atoms with van der Waals surface area (Å²) in [7, 11) is 0. The van der Waals surface area contributed by atoms with Gasteiger partial charge in [0.2, 0.25) is 10.7 Å². The number of nitrogens with zero attached hydrogens (tertiary/aromatic N) is 3. The number of hydrogen-bond acceptors (Lipinski definition) is 3. The molecule has 0 aliphatic rings. The van der Waals surface area contributed by atoms with Crippen molar-refractivity contribution >= 4 is 18.2 Å². The first-order valence-corrected chi connectivity index (χ1v) is 7.02. The lowest BCUT2D eigenvalue weighted by atomic mass is 10.2. The van der Waals surface area contributed by atoms with Crippen molar-refractivity contribution in [2.75, 3.05) is 18.0 Å². The third-order valence-corrected chi connectivity index (χ3v) is 3.19. The zero-order valence-electron chi connectivity index (χ0n) is 11.6. The second-order valence-corrected chi connectivity index (χ2v) is 5.32. The average Bonchev–Trinajstić information content (AvgIpc) is 2.78. The Morgan fingerprint density at radius 1 is 1.32 bits per heavy atom. The van der Waals surface area contributed by atoms with Crippen molar-refractivity contribution in [1.82, 2.24) is 14.8 Å². The summed E-state index contributed by atoms with van der Waals surface area (Å²) in [5.74, 6) is 1.46. The van der Waals surface area contributed by atoms with Crippen LogP contribution in [0.2, 0.25) is 0 Å². The number of H-pyrrole nitrogens is 1. The van der Waals surface area contributed by atoms with E-state index in [0.717, 1.165) is 24.7 Å². The van der Waals surface area contributed by atoms with Crippen molar-refractivity contribution in [2.24, 2.45) is 5.92 Å². The van der Waals surface area contributed by atoms with E-state index in [9.17, 15) is 0 Å². The van der Waals surface area contributed by atoms with Gasteiger partial charge in [0, 0.05) is 13.1 Å². The Kier molecular flexibility index (Phi) is 4.37. The molecule has 0 unspecified atom stereocenters. The van der Waals surface area contributed by atoms with Crippen LogP contribution < -0.4 is 4.90 Å². The molecule has 0 spiro atoms. The predicted molar refractivity (Wildman–Crippen MR) is 81.5 cm³/mol. The van der Waals surface area contributed by atoms with E-state index < -0.39 is 0 Å². The van der Waals surface area contributed by atoms with Gasteiger partial charge in [-0.2, -0.15) is 0 Å². The summed E-state index contributed by atoms with van der Waals surface area (Å²) in [6.45, 7) is 8.41. The number of hydrogen-bond donors (Lipinski definition) is 1. The van der Waals surface area contributed by atoms with Crippen LogP contribution in [-0.2, 0) is 0 Å². The van der Waals surface area contributed by atoms with Gasteiger partial charge in [0.25, 0.3) is 0 Å². The van der Waals surface area contributed by atoms with Crippen LogP contribution in [0.1, 0.15) is 20.8 Å². The summed E-state index contributed by atoms with van der Waals surface area (Å²) >= 11 is 5.35. The molecule has 1 aromatic carbocycles. The fourth-order valence-corrected chi connectivity index (χ4v) is 2.34. The minimum Gasteiger partial charge on any atom is -0.341 e. The maximum Gasteiger partial charge on any atom is 0.230 e. The Morgan fingerprint density at radius 3 is 2.58 bits per heavy atom. The normalized spacial score (nSPS) is 10.9. The molecule has 102 valence electrons. The Bertz CT molecular complexity index is 571. The van der Waals surface area contributed by atoms with E-state index in [2.05, 4.69) is 35.9 Å². The van der Waals surface area contributed by atoms with Crippen LogP contribution >= 0.6 is 12.2 Å². The molecule has 0 saturated carbocycles. The molecule has 1 aromatic heterocycles. The van der Waals surface area contributed by atoms with Gasteiger partial charge in [-0.05, 0) is 37.2 Å². The second-order valence-electron chi connectivity index (χ2n) is 4.93. The monoisotopic (exact) mass is 276 g/mol. The van der Waals surface area contributed by atoms with Crippen molar-refractivity contribution in [2.45, 2.75) is 20.8 Å². The Hall–Kier alpha value is -1.62. The van der Waals surface area contributed by atoms with Gasteiger partial charge in [0.15, 0.2) is 0 Å². The van der Waals surface area contributed by atoms with Gasteiger partial charge in [-0.1, -0.05) is 32.0 Å². The van der Waals surface area contributed by atoms with Crippen molar-refractivity contribution in [3.05, 3.63) is 35.1 Å². The van der Waals surface area contributed by atoms with Crippen LogP contribution in [0.4, 0.5) is 5.95 Å². The minimum atomic E-state index is 0.578. The van der Waals surface area contributed by atoms with E-state index in [1.807, 2.05) is 34.9 Å². The molecule has 0 amide bonds. The summed E-state index contributed by atoms with van der Waals surface area (Å²) in [6, 6.07) is 10.1. The van der Waals surface area contributed by atoms with Gasteiger partial charge >= 0.3 is 0 Å². The van der Waals surface area contributed by atoms with E-state index in [1.54, 1.807) is 0 Å². The van der Waals surface area contributed by atoms with Crippen molar-refractivity contribution in [1.29, 1.82) is 0 Å². The predicted octanol–water partition coefficient (Wildman–Crippen LogP) is 3.41. The highest BCUT2D eigenvalue weighted by Crippen LogP contribution is 2.18. The van der Waals surface area contributed by atoms with Crippen LogP contribution in [0.25, 0.3) is 5.69 Å². The highest BCUT2D eigenvalue weighted by atomic mass is 32.1. The van der Waals surface area contributed by atoms with E-state index in [1.165, 1.54) is 0 Å². The molecular weight excluding hydrogens is 256 g/mol. The molecule has 0 aliphatic carbocycles. The topological polar surface area (TPSA) is 36.9 Å². The van der Waals surface area contributed by atoms with Gasteiger partial charge in [0.05, 0.1) is 5.69 Å². The van der Waals surface area contributed by atoms with Crippen LogP contribution in [0, 0.1) is 10.7 Å². The van der Waals surface area contributed by atoms with E-state index >= 15 is 0 Å². The number of anilines is 1. The molecule has 0 radical (unpaired) electrons. The summed E-state index contributed by atoms with van der Waals surface area (Å²) in [5.41, 5.74) is 1.04. The SMILES string of the molecule is CCN(CC(C)C)c1n[nH]c(=S)n1-c1ccccc1. The lowest BCUT2D eigenvalue weighted by molar-refractivity contribution is 0.606. The highest BCUT2D eigenvalue weighted by molar-refractivity contribution is 7.71. The van der Waals surface area contributed by atoms with Crippen molar-refractivity contribution in [3.63, 3.8) is 0 Å². The molecule has 0 aliphatic heterocycles. The highest BCUT2D eigenvalue weighted by Gasteiger charge is 2.15. The van der Waals surface area contributed by atoms with Crippen LogP contribution in [0.5, 0.6) is 0 Å². The molecule has 1 N–H and O–H groups in total. The van der Waals surface area contributed by atoms with Gasteiger partial charge in [-0.15, -0.1) is 5.10 Å². The summed E-state index contributed by atoms with van der Waals surface area (Å²) < 4.78 is 2.62. The molecule has 0 saturated heterocycles. The lowest BCUT2D eigenvalue weighted by Gasteiger charge is -2.24. The number of aromatic amines is 1. The van der Waals surface area contributed by atoms with Crippen LogP contribution in [0.3, 0.4) is 0 Å². The van der Waals surface area contributed by atoms with Crippen molar-refractivity contribution < 1.29 is 0 Å². The summed E-state index contributed by atoms with van der Waals surface area (Å²) in [5, 5.41) is 7.29. The molecule has 0 fully saturated rings. The summed E-state index contributed by atoms with van der Waals surface area (Å²) in [4.78, 5) is 2.24. The smallest absolute Gasteiger partial charge is 0.230 e. The first-order chi connectivity index (χ1) is 9.13. The Morgan fingerprint density at radius 2 is 2.00 bits per heavy atom. The first-order valence-electron chi connectivity index (χ1n) is 6.61. The largest absolute Gasteiger partial charge is 0.341 e. The molecule has 2 rings (SSSR count). The fraction of sp³-hybridized carbons (Fsp3) is 0.429. The Labute approximate surface area is 119 Å². The maximum atomic E-state index is 5.35. The maximum absolute atomic E-state index is 5.35. The van der Waals surface area contributed by atoms with E-state index in [0.29, 0.717) is 10.7 Å². The number of nitrogens with one attached hydrogen (secondary N) is 1. The third kappa shape index (κ3) is 3.04. The van der Waals surface area contributed by atoms with Gasteiger partial charge in [-0.3, -0.25) is 4.57 Å². The zero-order chi connectivity index (χ0) is 13.8. The Balaban J connectivity index is 2.45. The average molecular weight is 276 g/mol.